The lowest BCUT2D eigenvalue weighted by molar-refractivity contribution is 0.102. The van der Waals surface area contributed by atoms with Gasteiger partial charge in [-0.15, -0.1) is 0 Å². The zero-order chi connectivity index (χ0) is 21.8. The van der Waals surface area contributed by atoms with Crippen molar-refractivity contribution in [2.45, 2.75) is 44.6 Å². The van der Waals surface area contributed by atoms with Gasteiger partial charge in [-0.3, -0.25) is 4.79 Å². The van der Waals surface area contributed by atoms with Crippen LogP contribution in [0.1, 0.15) is 48.9 Å². The summed E-state index contributed by atoms with van der Waals surface area (Å²) in [6, 6.07) is 10.9. The summed E-state index contributed by atoms with van der Waals surface area (Å²) in [5.74, 6) is 0.252. The van der Waals surface area contributed by atoms with E-state index in [2.05, 4.69) is 29.3 Å². The molecule has 1 unspecified atom stereocenters. The number of amides is 3. The number of fused-ring (bicyclic) bond motifs is 2. The zero-order valence-corrected chi connectivity index (χ0v) is 18.4. The van der Waals surface area contributed by atoms with Gasteiger partial charge in [0.2, 0.25) is 0 Å². The minimum atomic E-state index is -0.223. The molecule has 3 heterocycles. The van der Waals surface area contributed by atoms with Crippen molar-refractivity contribution in [2.75, 3.05) is 37.4 Å². The smallest absolute Gasteiger partial charge is 0.321 e. The average molecular weight is 422 g/mol. The number of para-hydroxylation sites is 1. The lowest BCUT2D eigenvalue weighted by Crippen LogP contribution is -2.49. The van der Waals surface area contributed by atoms with Crippen LogP contribution in [0.2, 0.25) is 0 Å². The van der Waals surface area contributed by atoms with Gasteiger partial charge < -0.3 is 15.1 Å². The highest BCUT2D eigenvalue weighted by Gasteiger charge is 2.36. The van der Waals surface area contributed by atoms with Gasteiger partial charge in [-0.05, 0) is 77.0 Å². The van der Waals surface area contributed by atoms with Crippen LogP contribution in [0.25, 0.3) is 0 Å². The van der Waals surface area contributed by atoms with Gasteiger partial charge in [-0.1, -0.05) is 18.6 Å². The third-order valence-corrected chi connectivity index (χ3v) is 6.09. The predicted molar refractivity (Wildman–Crippen MR) is 123 cm³/mol. The number of pyridine rings is 1. The van der Waals surface area contributed by atoms with E-state index < -0.39 is 0 Å². The Balaban J connectivity index is 1.65. The molecule has 7 heteroatoms. The molecule has 31 heavy (non-hydrogen) atoms. The molecule has 2 aliphatic heterocycles. The molecule has 0 saturated carbocycles. The second-order valence-electron chi connectivity index (χ2n) is 8.61. The fraction of sp³-hybridized carbons (Fsp3) is 0.458. The summed E-state index contributed by atoms with van der Waals surface area (Å²) in [5.41, 5.74) is 1.62. The van der Waals surface area contributed by atoms with Crippen LogP contribution in [0.3, 0.4) is 0 Å². The van der Waals surface area contributed by atoms with Gasteiger partial charge in [-0.2, -0.15) is 0 Å². The molecule has 2 aromatic rings. The number of hydrogen-bond acceptors (Lipinski definition) is 4. The number of urea groups is 1. The molecular formula is C24H31N5O2. The number of nitrogens with zero attached hydrogens (tertiary/aromatic N) is 4. The van der Waals surface area contributed by atoms with Crippen LogP contribution in [0.15, 0.2) is 42.6 Å². The van der Waals surface area contributed by atoms with E-state index in [9.17, 15) is 9.59 Å². The summed E-state index contributed by atoms with van der Waals surface area (Å²) in [5, 5.41) is 2.91. The summed E-state index contributed by atoms with van der Waals surface area (Å²) < 4.78 is 0. The lowest BCUT2D eigenvalue weighted by atomic mass is 9.97. The minimum Gasteiger partial charge on any atom is -0.321 e. The van der Waals surface area contributed by atoms with Gasteiger partial charge in [-0.25, -0.2) is 14.7 Å². The molecule has 164 valence electrons. The largest absolute Gasteiger partial charge is 0.330 e. The Morgan fingerprint density at radius 1 is 1.16 bits per heavy atom. The second kappa shape index (κ2) is 9.47. The molecule has 2 aliphatic rings. The first-order valence-electron chi connectivity index (χ1n) is 11.2. The van der Waals surface area contributed by atoms with Crippen molar-refractivity contribution in [2.24, 2.45) is 0 Å². The number of hydrogen-bond donors (Lipinski definition) is 1. The molecule has 1 saturated heterocycles. The lowest BCUT2D eigenvalue weighted by Gasteiger charge is -2.39. The number of benzene rings is 1. The van der Waals surface area contributed by atoms with Crippen molar-refractivity contribution < 1.29 is 9.59 Å². The third-order valence-electron chi connectivity index (χ3n) is 6.09. The van der Waals surface area contributed by atoms with Crippen LogP contribution in [0, 0.1) is 0 Å². The van der Waals surface area contributed by atoms with Crippen molar-refractivity contribution in [1.82, 2.24) is 14.8 Å². The van der Waals surface area contributed by atoms with Gasteiger partial charge in [0, 0.05) is 18.8 Å². The fourth-order valence-electron chi connectivity index (χ4n) is 4.52. The molecule has 0 aliphatic carbocycles. The number of nitrogens with one attached hydrogen (secondary N) is 1. The first-order chi connectivity index (χ1) is 15.1. The maximum atomic E-state index is 14.0. The molecular weight excluding hydrogens is 390 g/mol. The summed E-state index contributed by atoms with van der Waals surface area (Å²) in [4.78, 5) is 37.1. The van der Waals surface area contributed by atoms with Gasteiger partial charge in [0.25, 0.3) is 5.91 Å². The average Bonchev–Trinajstić information content (AvgIpc) is 2.90. The first kappa shape index (κ1) is 21.3. The van der Waals surface area contributed by atoms with Gasteiger partial charge in [0.05, 0.1) is 16.9 Å². The summed E-state index contributed by atoms with van der Waals surface area (Å²) >= 11 is 0. The highest BCUT2D eigenvalue weighted by Crippen LogP contribution is 2.38. The van der Waals surface area contributed by atoms with Gasteiger partial charge in [0.1, 0.15) is 0 Å². The van der Waals surface area contributed by atoms with E-state index in [1.165, 1.54) is 0 Å². The normalized spacial score (nSPS) is 18.3. The Labute approximate surface area is 184 Å². The molecule has 4 rings (SSSR count). The van der Waals surface area contributed by atoms with E-state index in [4.69, 9.17) is 0 Å². The Bertz CT molecular complexity index is 945. The number of aromatic nitrogens is 1. The van der Waals surface area contributed by atoms with E-state index in [1.54, 1.807) is 29.3 Å². The van der Waals surface area contributed by atoms with Crippen molar-refractivity contribution in [1.29, 1.82) is 0 Å². The SMILES string of the molecule is CN(C)CCCCC1CCCCN1C(=O)N1c2ccccc2C(=O)Nc2cccnc21. The number of unbranched alkanes of at least 4 members (excludes halogenated alkanes) is 1. The fourth-order valence-corrected chi connectivity index (χ4v) is 4.52. The Morgan fingerprint density at radius 2 is 2.00 bits per heavy atom. The number of carbonyl (C=O) groups is 2. The number of carbonyl (C=O) groups excluding carboxylic acids is 2. The van der Waals surface area contributed by atoms with Crippen LogP contribution in [-0.2, 0) is 0 Å². The van der Waals surface area contributed by atoms with Crippen LogP contribution in [0.4, 0.5) is 22.0 Å². The van der Waals surface area contributed by atoms with Gasteiger partial charge in [0.15, 0.2) is 5.82 Å². The van der Waals surface area contributed by atoms with Crippen molar-refractivity contribution >= 4 is 29.1 Å². The highest BCUT2D eigenvalue weighted by atomic mass is 16.2. The molecule has 1 atom stereocenters. The minimum absolute atomic E-state index is 0.0961. The number of rotatable bonds is 5. The Kier molecular flexibility index (Phi) is 6.51. The third kappa shape index (κ3) is 4.56. The molecule has 3 amide bonds. The monoisotopic (exact) mass is 421 g/mol. The van der Waals surface area contributed by atoms with Crippen LogP contribution < -0.4 is 10.2 Å². The Morgan fingerprint density at radius 3 is 2.84 bits per heavy atom. The van der Waals surface area contributed by atoms with Crippen LogP contribution >= 0.6 is 0 Å². The van der Waals surface area contributed by atoms with E-state index >= 15 is 0 Å². The van der Waals surface area contributed by atoms with E-state index in [-0.39, 0.29) is 18.0 Å². The number of piperidine rings is 1. The highest BCUT2D eigenvalue weighted by molar-refractivity contribution is 6.16. The summed E-state index contributed by atoms with van der Waals surface area (Å²) in [7, 11) is 4.18. The molecule has 0 bridgehead atoms. The van der Waals surface area contributed by atoms with Crippen LogP contribution in [-0.4, -0.2) is 59.9 Å². The summed E-state index contributed by atoms with van der Waals surface area (Å²) in [6.07, 6.45) is 8.05. The van der Waals surface area contributed by atoms with Crippen molar-refractivity contribution in [3.05, 3.63) is 48.2 Å². The standard InChI is InChI=1S/C24H31N5O2/c1-27(2)16-7-5-10-18-11-6-8-17-28(18)24(31)29-21-14-4-3-12-19(21)23(30)26-20-13-9-15-25-22(20)29/h3-4,9,12-15,18H,5-8,10-11,16-17H2,1-2H3,(H,26,30). The quantitative estimate of drug-likeness (QED) is 0.722. The second-order valence-corrected chi connectivity index (χ2v) is 8.61. The Hall–Kier alpha value is -2.93. The van der Waals surface area contributed by atoms with Gasteiger partial charge >= 0.3 is 6.03 Å². The molecule has 7 nitrogen and oxygen atoms in total. The molecule has 1 fully saturated rings. The molecule has 1 aromatic heterocycles. The number of likely N-dealkylation sites (tertiary alicyclic amines) is 1. The number of anilines is 3. The van der Waals surface area contributed by atoms with Crippen molar-refractivity contribution in [3.8, 4) is 0 Å². The molecule has 1 N–H and O–H groups in total. The maximum Gasteiger partial charge on any atom is 0.330 e. The van der Waals surface area contributed by atoms with E-state index in [1.807, 2.05) is 23.1 Å². The molecule has 0 radical (unpaired) electrons. The van der Waals surface area contributed by atoms with E-state index in [0.717, 1.165) is 51.6 Å². The van der Waals surface area contributed by atoms with E-state index in [0.29, 0.717) is 22.8 Å². The molecule has 0 spiro atoms. The zero-order valence-electron chi connectivity index (χ0n) is 18.4. The molecule has 1 aromatic carbocycles. The van der Waals surface area contributed by atoms with Crippen molar-refractivity contribution in [3.63, 3.8) is 0 Å². The summed E-state index contributed by atoms with van der Waals surface area (Å²) in [6.45, 7) is 1.80. The maximum absolute atomic E-state index is 14.0. The predicted octanol–water partition coefficient (Wildman–Crippen LogP) is 4.49. The first-order valence-corrected chi connectivity index (χ1v) is 11.2. The van der Waals surface area contributed by atoms with Crippen LogP contribution in [0.5, 0.6) is 0 Å². The topological polar surface area (TPSA) is 68.8 Å².